The third-order valence-corrected chi connectivity index (χ3v) is 3.56. The Bertz CT molecular complexity index is 701. The molecule has 0 aromatic heterocycles. The van der Waals surface area contributed by atoms with Crippen LogP contribution in [0.3, 0.4) is 0 Å². The first-order chi connectivity index (χ1) is 11.0. The fraction of sp³-hybridized carbons (Fsp3) is 0.222. The lowest BCUT2D eigenvalue weighted by Crippen LogP contribution is -2.24. The summed E-state index contributed by atoms with van der Waals surface area (Å²) in [5.41, 5.74) is 6.92. The average molecular weight is 331 g/mol. The van der Waals surface area contributed by atoms with Crippen LogP contribution < -0.4 is 10.2 Å². The average Bonchev–Trinajstić information content (AvgIpc) is 2.49. The maximum atomic E-state index is 11.7. The zero-order valence-electron chi connectivity index (χ0n) is 13.4. The van der Waals surface area contributed by atoms with Crippen molar-refractivity contribution in [2.75, 3.05) is 6.61 Å². The summed E-state index contributed by atoms with van der Waals surface area (Å²) in [5, 5.41) is 4.61. The molecule has 23 heavy (non-hydrogen) atoms. The first kappa shape index (κ1) is 17.0. The lowest BCUT2D eigenvalue weighted by Gasteiger charge is -2.07. The third-order valence-electron chi connectivity index (χ3n) is 3.30. The molecule has 2 aromatic rings. The smallest absolute Gasteiger partial charge is 0.277 e. The van der Waals surface area contributed by atoms with Gasteiger partial charge < -0.3 is 4.74 Å². The van der Waals surface area contributed by atoms with Crippen molar-refractivity contribution in [1.82, 2.24) is 5.43 Å². The zero-order chi connectivity index (χ0) is 16.8. The molecule has 0 aliphatic rings. The molecule has 0 fully saturated rings. The Balaban J connectivity index is 1.88. The number of hydrogen-bond acceptors (Lipinski definition) is 3. The molecule has 120 valence electrons. The number of ether oxygens (including phenoxy) is 1. The first-order valence-electron chi connectivity index (χ1n) is 7.24. The second kappa shape index (κ2) is 7.79. The maximum absolute atomic E-state index is 11.7. The van der Waals surface area contributed by atoms with Gasteiger partial charge in [-0.15, -0.1) is 0 Å². The number of nitrogens with one attached hydrogen (secondary N) is 1. The molecule has 0 atom stereocenters. The number of amides is 1. The van der Waals surface area contributed by atoms with Crippen molar-refractivity contribution in [2.45, 2.75) is 20.8 Å². The van der Waals surface area contributed by atoms with Crippen LogP contribution in [0.25, 0.3) is 0 Å². The number of hydrazone groups is 1. The van der Waals surface area contributed by atoms with Crippen molar-refractivity contribution in [1.29, 1.82) is 0 Å². The molecule has 0 radical (unpaired) electrons. The van der Waals surface area contributed by atoms with E-state index in [1.807, 2.05) is 13.8 Å². The fourth-order valence-corrected chi connectivity index (χ4v) is 2.40. The number of carbonyl (C=O) groups excluding carboxylic acids is 1. The van der Waals surface area contributed by atoms with Gasteiger partial charge in [-0.05, 0) is 56.2 Å². The summed E-state index contributed by atoms with van der Waals surface area (Å²) >= 11 is 5.78. The number of rotatable bonds is 5. The van der Waals surface area contributed by atoms with Crippen molar-refractivity contribution < 1.29 is 9.53 Å². The van der Waals surface area contributed by atoms with Gasteiger partial charge in [-0.2, -0.15) is 5.10 Å². The van der Waals surface area contributed by atoms with E-state index in [1.54, 1.807) is 30.5 Å². The number of halogens is 1. The van der Waals surface area contributed by atoms with Crippen molar-refractivity contribution in [3.05, 3.63) is 63.7 Å². The van der Waals surface area contributed by atoms with Gasteiger partial charge in [-0.3, -0.25) is 4.79 Å². The summed E-state index contributed by atoms with van der Waals surface area (Å²) in [7, 11) is 0. The Morgan fingerprint density at radius 1 is 1.17 bits per heavy atom. The summed E-state index contributed by atoms with van der Waals surface area (Å²) in [6.45, 7) is 5.99. The lowest BCUT2D eigenvalue weighted by atomic mass is 10.0. The van der Waals surface area contributed by atoms with E-state index in [1.165, 1.54) is 5.56 Å². The normalized spacial score (nSPS) is 10.8. The second-order valence-electron chi connectivity index (χ2n) is 5.35. The van der Waals surface area contributed by atoms with Crippen LogP contribution >= 0.6 is 11.6 Å². The highest BCUT2D eigenvalue weighted by Crippen LogP contribution is 2.15. The Labute approximate surface area is 141 Å². The zero-order valence-corrected chi connectivity index (χ0v) is 14.1. The van der Waals surface area contributed by atoms with Crippen LogP contribution in [0.2, 0.25) is 5.02 Å². The molecule has 2 rings (SSSR count). The van der Waals surface area contributed by atoms with Crippen LogP contribution in [0.4, 0.5) is 0 Å². The van der Waals surface area contributed by atoms with Crippen molar-refractivity contribution in [3.8, 4) is 5.75 Å². The SMILES string of the molecule is Cc1cc(C)c(/C=N/NC(=O)COc2ccc(Cl)cc2)c(C)c1. The van der Waals surface area contributed by atoms with Gasteiger partial charge in [-0.25, -0.2) is 5.43 Å². The number of nitrogens with zero attached hydrogens (tertiary/aromatic N) is 1. The molecule has 0 saturated heterocycles. The van der Waals surface area contributed by atoms with Gasteiger partial charge in [0, 0.05) is 10.6 Å². The number of aryl methyl sites for hydroxylation is 3. The number of carbonyl (C=O) groups is 1. The van der Waals surface area contributed by atoms with Gasteiger partial charge in [0.25, 0.3) is 5.91 Å². The Hall–Kier alpha value is -2.33. The number of benzene rings is 2. The predicted molar refractivity (Wildman–Crippen MR) is 93.3 cm³/mol. The minimum absolute atomic E-state index is 0.106. The minimum atomic E-state index is -0.321. The van der Waals surface area contributed by atoms with Crippen LogP contribution in [-0.2, 0) is 4.79 Å². The quantitative estimate of drug-likeness (QED) is 0.669. The van der Waals surface area contributed by atoms with Crippen molar-refractivity contribution >= 4 is 23.7 Å². The van der Waals surface area contributed by atoms with Crippen LogP contribution in [0.1, 0.15) is 22.3 Å². The Morgan fingerprint density at radius 3 is 2.39 bits per heavy atom. The van der Waals surface area contributed by atoms with Gasteiger partial charge >= 0.3 is 0 Å². The summed E-state index contributed by atoms with van der Waals surface area (Å²) < 4.78 is 5.34. The molecule has 0 aliphatic heterocycles. The van der Waals surface area contributed by atoms with E-state index >= 15 is 0 Å². The molecule has 1 amide bonds. The molecular weight excluding hydrogens is 312 g/mol. The molecule has 0 spiro atoms. The van der Waals surface area contributed by atoms with Crippen molar-refractivity contribution in [2.24, 2.45) is 5.10 Å². The predicted octanol–water partition coefficient (Wildman–Crippen LogP) is 3.79. The van der Waals surface area contributed by atoms with E-state index in [9.17, 15) is 4.79 Å². The van der Waals surface area contributed by atoms with Gasteiger partial charge in [0.1, 0.15) is 5.75 Å². The monoisotopic (exact) mass is 330 g/mol. The summed E-state index contributed by atoms with van der Waals surface area (Å²) in [6, 6.07) is 11.0. The van der Waals surface area contributed by atoms with Gasteiger partial charge in [0.15, 0.2) is 6.61 Å². The van der Waals surface area contributed by atoms with E-state index in [-0.39, 0.29) is 12.5 Å². The van der Waals surface area contributed by atoms with Gasteiger partial charge in [-0.1, -0.05) is 29.3 Å². The summed E-state index contributed by atoms with van der Waals surface area (Å²) in [4.78, 5) is 11.7. The summed E-state index contributed by atoms with van der Waals surface area (Å²) in [5.74, 6) is 0.261. The van der Waals surface area contributed by atoms with Crippen LogP contribution in [0, 0.1) is 20.8 Å². The van der Waals surface area contributed by atoms with E-state index < -0.39 is 0 Å². The van der Waals surface area contributed by atoms with E-state index in [2.05, 4.69) is 29.6 Å². The Kier molecular flexibility index (Phi) is 5.77. The second-order valence-corrected chi connectivity index (χ2v) is 5.78. The molecule has 4 nitrogen and oxygen atoms in total. The topological polar surface area (TPSA) is 50.7 Å². The molecular formula is C18H19ClN2O2. The van der Waals surface area contributed by atoms with E-state index in [0.717, 1.165) is 16.7 Å². The van der Waals surface area contributed by atoms with Crippen LogP contribution in [-0.4, -0.2) is 18.7 Å². The lowest BCUT2D eigenvalue weighted by molar-refractivity contribution is -0.123. The van der Waals surface area contributed by atoms with E-state index in [4.69, 9.17) is 16.3 Å². The first-order valence-corrected chi connectivity index (χ1v) is 7.61. The maximum Gasteiger partial charge on any atom is 0.277 e. The molecule has 1 N–H and O–H groups in total. The highest BCUT2D eigenvalue weighted by atomic mass is 35.5. The summed E-state index contributed by atoms with van der Waals surface area (Å²) in [6.07, 6.45) is 1.66. The van der Waals surface area contributed by atoms with Crippen molar-refractivity contribution in [3.63, 3.8) is 0 Å². The molecule has 0 aliphatic carbocycles. The Morgan fingerprint density at radius 2 is 1.78 bits per heavy atom. The van der Waals surface area contributed by atoms with E-state index in [0.29, 0.717) is 10.8 Å². The van der Waals surface area contributed by atoms with Crippen LogP contribution in [0.15, 0.2) is 41.5 Å². The molecule has 0 bridgehead atoms. The fourth-order valence-electron chi connectivity index (χ4n) is 2.28. The molecule has 0 unspecified atom stereocenters. The van der Waals surface area contributed by atoms with Crippen LogP contribution in [0.5, 0.6) is 5.75 Å². The molecule has 2 aromatic carbocycles. The third kappa shape index (κ3) is 5.11. The molecule has 0 heterocycles. The number of hydrogen-bond donors (Lipinski definition) is 1. The largest absolute Gasteiger partial charge is 0.484 e. The standard InChI is InChI=1S/C18H19ClN2O2/c1-12-8-13(2)17(14(3)9-12)10-20-21-18(22)11-23-16-6-4-15(19)5-7-16/h4-10H,11H2,1-3H3,(H,21,22)/b20-10+. The van der Waals surface area contributed by atoms with Gasteiger partial charge in [0.2, 0.25) is 0 Å². The molecule has 0 saturated carbocycles. The highest BCUT2D eigenvalue weighted by molar-refractivity contribution is 6.30. The van der Waals surface area contributed by atoms with Gasteiger partial charge in [0.05, 0.1) is 6.21 Å². The molecule has 5 heteroatoms. The highest BCUT2D eigenvalue weighted by Gasteiger charge is 2.03. The minimum Gasteiger partial charge on any atom is -0.484 e.